The summed E-state index contributed by atoms with van der Waals surface area (Å²) in [5, 5.41) is 16.2. The highest BCUT2D eigenvalue weighted by Gasteiger charge is 2.14. The van der Waals surface area contributed by atoms with Crippen LogP contribution in [-0.4, -0.2) is 33.7 Å². The van der Waals surface area contributed by atoms with Crippen LogP contribution in [0, 0.1) is 10.1 Å². The van der Waals surface area contributed by atoms with Crippen molar-refractivity contribution in [3.63, 3.8) is 0 Å². The van der Waals surface area contributed by atoms with Crippen molar-refractivity contribution >= 4 is 50.6 Å². The Morgan fingerprint density at radius 3 is 3.00 bits per heavy atom. The van der Waals surface area contributed by atoms with Crippen molar-refractivity contribution in [3.8, 4) is 5.75 Å². The monoisotopic (exact) mass is 376 g/mol. The number of hydrogen-bond acceptors (Lipinski definition) is 8. The van der Waals surface area contributed by atoms with Crippen molar-refractivity contribution < 1.29 is 14.5 Å². The van der Waals surface area contributed by atoms with Crippen molar-refractivity contribution in [2.45, 2.75) is 5.03 Å². The highest BCUT2D eigenvalue weighted by Crippen LogP contribution is 2.31. The average molecular weight is 376 g/mol. The lowest BCUT2D eigenvalue weighted by molar-refractivity contribution is -0.384. The number of benzene rings is 1. The Balaban J connectivity index is 1.68. The van der Waals surface area contributed by atoms with Crippen LogP contribution >= 0.6 is 23.1 Å². The molecule has 0 bridgehead atoms. The van der Waals surface area contributed by atoms with Gasteiger partial charge in [-0.15, -0.1) is 11.3 Å². The lowest BCUT2D eigenvalue weighted by Crippen LogP contribution is -2.15. The molecule has 2 aromatic heterocycles. The van der Waals surface area contributed by atoms with Gasteiger partial charge in [0, 0.05) is 6.07 Å². The van der Waals surface area contributed by atoms with Gasteiger partial charge < -0.3 is 10.1 Å². The van der Waals surface area contributed by atoms with Crippen LogP contribution in [0.4, 0.5) is 11.4 Å². The molecule has 0 fully saturated rings. The number of carbonyl (C=O) groups excluding carboxylic acids is 1. The van der Waals surface area contributed by atoms with E-state index in [1.807, 2.05) is 11.4 Å². The molecule has 2 heterocycles. The first-order valence-corrected chi connectivity index (χ1v) is 8.88. The molecule has 0 atom stereocenters. The van der Waals surface area contributed by atoms with Crippen LogP contribution in [0.5, 0.6) is 5.75 Å². The van der Waals surface area contributed by atoms with Crippen LogP contribution < -0.4 is 10.1 Å². The van der Waals surface area contributed by atoms with Crippen molar-refractivity contribution in [1.82, 2.24) is 9.97 Å². The second kappa shape index (κ2) is 7.45. The summed E-state index contributed by atoms with van der Waals surface area (Å²) in [6.07, 6.45) is 1.47. The minimum absolute atomic E-state index is 0.106. The third kappa shape index (κ3) is 3.86. The van der Waals surface area contributed by atoms with E-state index >= 15 is 0 Å². The number of aromatic nitrogens is 2. The van der Waals surface area contributed by atoms with Crippen LogP contribution in [0.2, 0.25) is 0 Å². The minimum Gasteiger partial charge on any atom is -0.494 e. The average Bonchev–Trinajstić information content (AvgIpc) is 3.09. The van der Waals surface area contributed by atoms with Crippen LogP contribution in [0.25, 0.3) is 10.2 Å². The Morgan fingerprint density at radius 2 is 2.24 bits per heavy atom. The third-order valence-corrected chi connectivity index (χ3v) is 5.25. The number of amides is 1. The number of ether oxygens (including phenoxy) is 1. The number of non-ortho nitro benzene ring substituents is 1. The largest absolute Gasteiger partial charge is 0.494 e. The first kappa shape index (κ1) is 17.1. The molecule has 0 aliphatic rings. The summed E-state index contributed by atoms with van der Waals surface area (Å²) in [5.74, 6) is 0.111. The maximum absolute atomic E-state index is 12.2. The van der Waals surface area contributed by atoms with Gasteiger partial charge in [-0.1, -0.05) is 11.8 Å². The van der Waals surface area contributed by atoms with Gasteiger partial charge in [0.1, 0.15) is 17.1 Å². The molecule has 3 aromatic rings. The minimum atomic E-state index is -0.522. The van der Waals surface area contributed by atoms with Gasteiger partial charge in [0.05, 0.1) is 39.8 Å². The molecule has 0 saturated heterocycles. The first-order chi connectivity index (χ1) is 12.1. The molecule has 3 rings (SSSR count). The smallest absolute Gasteiger partial charge is 0.273 e. The van der Waals surface area contributed by atoms with Gasteiger partial charge in [0.2, 0.25) is 5.91 Å². The van der Waals surface area contributed by atoms with E-state index in [0.29, 0.717) is 5.69 Å². The fraction of sp³-hybridized carbons (Fsp3) is 0.133. The zero-order valence-corrected chi connectivity index (χ0v) is 14.6. The lowest BCUT2D eigenvalue weighted by atomic mass is 10.2. The molecular weight excluding hydrogens is 364 g/mol. The summed E-state index contributed by atoms with van der Waals surface area (Å²) in [4.78, 5) is 30.8. The Kier molecular flexibility index (Phi) is 5.10. The molecular formula is C15H12N4O4S2. The van der Waals surface area contributed by atoms with Crippen LogP contribution in [0.3, 0.4) is 0 Å². The number of nitro benzene ring substituents is 1. The fourth-order valence-corrected chi connectivity index (χ4v) is 3.83. The molecule has 10 heteroatoms. The van der Waals surface area contributed by atoms with E-state index in [-0.39, 0.29) is 23.1 Å². The zero-order chi connectivity index (χ0) is 17.8. The van der Waals surface area contributed by atoms with E-state index in [2.05, 4.69) is 15.3 Å². The van der Waals surface area contributed by atoms with E-state index in [1.165, 1.54) is 54.7 Å². The Bertz CT molecular complexity index is 944. The third-order valence-electron chi connectivity index (χ3n) is 3.22. The first-order valence-electron chi connectivity index (χ1n) is 7.02. The van der Waals surface area contributed by atoms with Gasteiger partial charge in [0.15, 0.2) is 0 Å². The van der Waals surface area contributed by atoms with E-state index in [1.54, 1.807) is 0 Å². The predicted molar refractivity (Wildman–Crippen MR) is 96.4 cm³/mol. The quantitative estimate of drug-likeness (QED) is 0.304. The number of methoxy groups -OCH3 is 1. The number of nitrogens with one attached hydrogen (secondary N) is 1. The maximum atomic E-state index is 12.2. The summed E-state index contributed by atoms with van der Waals surface area (Å²) in [7, 11) is 1.39. The molecule has 1 amide bonds. The normalized spacial score (nSPS) is 10.6. The molecule has 1 N–H and O–H groups in total. The molecule has 1 aromatic carbocycles. The number of anilines is 1. The summed E-state index contributed by atoms with van der Waals surface area (Å²) < 4.78 is 6.04. The summed E-state index contributed by atoms with van der Waals surface area (Å²) >= 11 is 2.82. The number of thioether (sulfide) groups is 1. The van der Waals surface area contributed by atoms with Crippen molar-refractivity contribution in [3.05, 3.63) is 46.1 Å². The standard InChI is InChI=1S/C15H12N4O4S2/c1-23-12-6-9(19(21)22)2-3-10(12)18-13(20)7-25-15-14-11(4-5-24-14)16-8-17-15/h2-6,8H,7H2,1H3,(H,18,20). The molecule has 8 nitrogen and oxygen atoms in total. The summed E-state index contributed by atoms with van der Waals surface area (Å²) in [5.41, 5.74) is 1.12. The van der Waals surface area contributed by atoms with E-state index in [0.717, 1.165) is 15.2 Å². The highest BCUT2D eigenvalue weighted by molar-refractivity contribution is 8.00. The summed E-state index contributed by atoms with van der Waals surface area (Å²) in [6.45, 7) is 0. The van der Waals surface area contributed by atoms with Crippen molar-refractivity contribution in [2.75, 3.05) is 18.2 Å². The molecule has 0 radical (unpaired) electrons. The predicted octanol–water partition coefficient (Wildman–Crippen LogP) is 3.34. The maximum Gasteiger partial charge on any atom is 0.273 e. The Morgan fingerprint density at radius 1 is 1.40 bits per heavy atom. The van der Waals surface area contributed by atoms with Gasteiger partial charge in [-0.25, -0.2) is 9.97 Å². The van der Waals surface area contributed by atoms with E-state index < -0.39 is 4.92 Å². The topological polar surface area (TPSA) is 107 Å². The zero-order valence-electron chi connectivity index (χ0n) is 13.0. The number of carbonyl (C=O) groups is 1. The molecule has 0 saturated carbocycles. The number of rotatable bonds is 6. The van der Waals surface area contributed by atoms with Crippen LogP contribution in [0.15, 0.2) is 41.0 Å². The number of thiophene rings is 1. The van der Waals surface area contributed by atoms with Gasteiger partial charge in [0.25, 0.3) is 5.69 Å². The number of nitrogens with zero attached hydrogens (tertiary/aromatic N) is 3. The molecule has 0 unspecified atom stereocenters. The van der Waals surface area contributed by atoms with Crippen molar-refractivity contribution in [2.24, 2.45) is 0 Å². The van der Waals surface area contributed by atoms with Crippen LogP contribution in [0.1, 0.15) is 0 Å². The Hall–Kier alpha value is -2.72. The van der Waals surface area contributed by atoms with Gasteiger partial charge in [-0.2, -0.15) is 0 Å². The van der Waals surface area contributed by atoms with Gasteiger partial charge in [-0.3, -0.25) is 14.9 Å². The van der Waals surface area contributed by atoms with E-state index in [9.17, 15) is 14.9 Å². The second-order valence-corrected chi connectivity index (χ2v) is 6.67. The molecule has 0 spiro atoms. The lowest BCUT2D eigenvalue weighted by Gasteiger charge is -2.09. The Labute approximate surface area is 150 Å². The summed E-state index contributed by atoms with van der Waals surface area (Å²) in [6, 6.07) is 5.92. The number of nitro groups is 1. The van der Waals surface area contributed by atoms with Gasteiger partial charge in [-0.05, 0) is 17.5 Å². The fourth-order valence-electron chi connectivity index (χ4n) is 2.09. The van der Waals surface area contributed by atoms with E-state index in [4.69, 9.17) is 4.74 Å². The molecule has 0 aliphatic heterocycles. The second-order valence-electron chi connectivity index (χ2n) is 4.79. The number of hydrogen-bond donors (Lipinski definition) is 1. The number of fused-ring (bicyclic) bond motifs is 1. The molecule has 128 valence electrons. The van der Waals surface area contributed by atoms with Crippen LogP contribution in [-0.2, 0) is 4.79 Å². The highest BCUT2D eigenvalue weighted by atomic mass is 32.2. The molecule has 25 heavy (non-hydrogen) atoms. The SMILES string of the molecule is COc1cc([N+](=O)[O-])ccc1NC(=O)CSc1ncnc2ccsc12. The molecule has 0 aliphatic carbocycles. The van der Waals surface area contributed by atoms with Crippen molar-refractivity contribution in [1.29, 1.82) is 0 Å². The van der Waals surface area contributed by atoms with Gasteiger partial charge >= 0.3 is 0 Å².